The predicted molar refractivity (Wildman–Crippen MR) is 85.5 cm³/mol. The first kappa shape index (κ1) is 15.6. The number of esters is 1. The molecule has 3 rings (SSSR count). The van der Waals surface area contributed by atoms with Gasteiger partial charge < -0.3 is 14.8 Å². The number of ether oxygens (including phenoxy) is 2. The van der Waals surface area contributed by atoms with Crippen LogP contribution in [0.5, 0.6) is 5.75 Å². The molecular formula is C17H21N3O3. The fourth-order valence-electron chi connectivity index (χ4n) is 2.89. The summed E-state index contributed by atoms with van der Waals surface area (Å²) in [7, 11) is 3.06. The number of aromatic nitrogens is 2. The Morgan fingerprint density at radius 2 is 2.09 bits per heavy atom. The van der Waals surface area contributed by atoms with E-state index in [1.165, 1.54) is 18.2 Å². The van der Waals surface area contributed by atoms with Crippen molar-refractivity contribution in [2.45, 2.75) is 25.9 Å². The van der Waals surface area contributed by atoms with Gasteiger partial charge in [0.2, 0.25) is 0 Å². The van der Waals surface area contributed by atoms with Crippen molar-refractivity contribution in [3.63, 3.8) is 0 Å². The number of hydrogen-bond acceptors (Lipinski definition) is 5. The van der Waals surface area contributed by atoms with Crippen LogP contribution in [0.15, 0.2) is 24.3 Å². The van der Waals surface area contributed by atoms with Crippen LogP contribution in [0, 0.1) is 0 Å². The molecule has 1 N–H and O–H groups in total. The number of hydrogen-bond donors (Lipinski definition) is 1. The number of nitrogens with zero attached hydrogens (tertiary/aromatic N) is 2. The molecule has 0 radical (unpaired) electrons. The smallest absolute Gasteiger partial charge is 0.327 e. The van der Waals surface area contributed by atoms with E-state index in [1.807, 2.05) is 24.3 Å². The van der Waals surface area contributed by atoms with Crippen molar-refractivity contribution in [2.75, 3.05) is 20.8 Å². The maximum atomic E-state index is 11.6. The van der Waals surface area contributed by atoms with Gasteiger partial charge in [-0.2, -0.15) is 5.10 Å². The fourth-order valence-corrected chi connectivity index (χ4v) is 2.89. The van der Waals surface area contributed by atoms with Crippen molar-refractivity contribution < 1.29 is 14.3 Å². The molecule has 0 saturated carbocycles. The molecule has 0 saturated heterocycles. The minimum atomic E-state index is -0.273. The Hall–Kier alpha value is -2.34. The summed E-state index contributed by atoms with van der Waals surface area (Å²) in [5.74, 6) is 0.568. The van der Waals surface area contributed by atoms with Crippen molar-refractivity contribution in [3.05, 3.63) is 46.8 Å². The number of fused-ring (bicyclic) bond motifs is 1. The Balaban J connectivity index is 1.87. The third kappa shape index (κ3) is 3.37. The molecule has 2 heterocycles. The van der Waals surface area contributed by atoms with E-state index in [4.69, 9.17) is 9.47 Å². The first-order valence-corrected chi connectivity index (χ1v) is 7.69. The SMILES string of the molecule is COC(=O)Cn1nc(Cc2ccc(OC)cc2)c2c1CCNC2. The van der Waals surface area contributed by atoms with E-state index in [0.29, 0.717) is 0 Å². The van der Waals surface area contributed by atoms with E-state index in [1.54, 1.807) is 11.8 Å². The number of methoxy groups -OCH3 is 2. The van der Waals surface area contributed by atoms with E-state index < -0.39 is 0 Å². The van der Waals surface area contributed by atoms with E-state index in [9.17, 15) is 4.79 Å². The van der Waals surface area contributed by atoms with E-state index >= 15 is 0 Å². The Labute approximate surface area is 135 Å². The first-order chi connectivity index (χ1) is 11.2. The average molecular weight is 315 g/mol. The molecule has 0 aliphatic carbocycles. The molecule has 0 fully saturated rings. The van der Waals surface area contributed by atoms with E-state index in [2.05, 4.69) is 10.4 Å². The number of benzene rings is 1. The van der Waals surface area contributed by atoms with Crippen LogP contribution in [0.1, 0.15) is 22.5 Å². The molecule has 0 bridgehead atoms. The number of carbonyl (C=O) groups excluding carboxylic acids is 1. The molecule has 1 aromatic carbocycles. The second-order valence-electron chi connectivity index (χ2n) is 5.56. The van der Waals surface area contributed by atoms with Crippen molar-refractivity contribution >= 4 is 5.97 Å². The molecule has 23 heavy (non-hydrogen) atoms. The zero-order valence-corrected chi connectivity index (χ0v) is 13.5. The molecule has 1 aromatic heterocycles. The maximum absolute atomic E-state index is 11.6. The van der Waals surface area contributed by atoms with Crippen LogP contribution in [0.25, 0.3) is 0 Å². The Kier molecular flexibility index (Phi) is 4.62. The number of nitrogens with one attached hydrogen (secondary N) is 1. The van der Waals surface area contributed by atoms with Crippen LogP contribution in [0.2, 0.25) is 0 Å². The van der Waals surface area contributed by atoms with Gasteiger partial charge in [0.15, 0.2) is 0 Å². The van der Waals surface area contributed by atoms with Crippen molar-refractivity contribution in [2.24, 2.45) is 0 Å². The summed E-state index contributed by atoms with van der Waals surface area (Å²) in [6.07, 6.45) is 1.62. The van der Waals surface area contributed by atoms with Gasteiger partial charge in [-0.05, 0) is 17.7 Å². The third-order valence-electron chi connectivity index (χ3n) is 4.13. The molecule has 0 spiro atoms. The highest BCUT2D eigenvalue weighted by molar-refractivity contribution is 5.69. The fraction of sp³-hybridized carbons (Fsp3) is 0.412. The lowest BCUT2D eigenvalue weighted by molar-refractivity contribution is -0.141. The highest BCUT2D eigenvalue weighted by atomic mass is 16.5. The van der Waals surface area contributed by atoms with Gasteiger partial charge in [-0.1, -0.05) is 12.1 Å². The molecule has 6 nitrogen and oxygen atoms in total. The van der Waals surface area contributed by atoms with Crippen LogP contribution >= 0.6 is 0 Å². The van der Waals surface area contributed by atoms with Crippen molar-refractivity contribution in [1.29, 1.82) is 0 Å². The molecule has 0 unspecified atom stereocenters. The largest absolute Gasteiger partial charge is 0.497 e. The van der Waals surface area contributed by atoms with E-state index in [0.717, 1.165) is 43.1 Å². The zero-order chi connectivity index (χ0) is 16.2. The Morgan fingerprint density at radius 3 is 2.78 bits per heavy atom. The summed E-state index contributed by atoms with van der Waals surface area (Å²) >= 11 is 0. The van der Waals surface area contributed by atoms with Crippen molar-refractivity contribution in [1.82, 2.24) is 15.1 Å². The summed E-state index contributed by atoms with van der Waals surface area (Å²) in [6.45, 7) is 1.87. The molecule has 1 aliphatic rings. The third-order valence-corrected chi connectivity index (χ3v) is 4.13. The van der Waals surface area contributed by atoms with Gasteiger partial charge in [0, 0.05) is 37.2 Å². The first-order valence-electron chi connectivity index (χ1n) is 7.69. The highest BCUT2D eigenvalue weighted by Crippen LogP contribution is 2.22. The molecule has 6 heteroatoms. The van der Waals surface area contributed by atoms with Gasteiger partial charge in [0.1, 0.15) is 12.3 Å². The monoisotopic (exact) mass is 315 g/mol. The number of rotatable bonds is 5. The predicted octanol–water partition coefficient (Wildman–Crippen LogP) is 1.30. The Morgan fingerprint density at radius 1 is 1.30 bits per heavy atom. The van der Waals surface area contributed by atoms with Crippen LogP contribution in [0.3, 0.4) is 0 Å². The summed E-state index contributed by atoms with van der Waals surface area (Å²) in [5, 5.41) is 8.04. The summed E-state index contributed by atoms with van der Waals surface area (Å²) in [6, 6.07) is 7.98. The van der Waals surface area contributed by atoms with Gasteiger partial charge in [0.25, 0.3) is 0 Å². The second-order valence-corrected chi connectivity index (χ2v) is 5.56. The quantitative estimate of drug-likeness (QED) is 0.843. The standard InChI is InChI=1S/C17H21N3O3/c1-22-13-5-3-12(4-6-13)9-15-14-10-18-8-7-16(14)20(19-15)11-17(21)23-2/h3-6,18H,7-11H2,1-2H3. The summed E-state index contributed by atoms with van der Waals surface area (Å²) in [4.78, 5) is 11.6. The van der Waals surface area contributed by atoms with Gasteiger partial charge >= 0.3 is 5.97 Å². The second kappa shape index (κ2) is 6.83. The van der Waals surface area contributed by atoms with Crippen LogP contribution in [0.4, 0.5) is 0 Å². The van der Waals surface area contributed by atoms with Crippen LogP contribution in [-0.4, -0.2) is 36.5 Å². The van der Waals surface area contributed by atoms with Gasteiger partial charge in [-0.15, -0.1) is 0 Å². The van der Waals surface area contributed by atoms with Crippen LogP contribution in [-0.2, 0) is 35.5 Å². The van der Waals surface area contributed by atoms with E-state index in [-0.39, 0.29) is 12.5 Å². The molecule has 0 atom stereocenters. The number of carbonyl (C=O) groups is 1. The molecule has 2 aromatic rings. The molecule has 1 aliphatic heterocycles. The maximum Gasteiger partial charge on any atom is 0.327 e. The van der Waals surface area contributed by atoms with Gasteiger partial charge in [-0.3, -0.25) is 9.48 Å². The minimum absolute atomic E-state index is 0.168. The summed E-state index contributed by atoms with van der Waals surface area (Å²) in [5.41, 5.74) is 4.52. The highest BCUT2D eigenvalue weighted by Gasteiger charge is 2.21. The molecular weight excluding hydrogens is 294 g/mol. The topological polar surface area (TPSA) is 65.4 Å². The molecule has 0 amide bonds. The zero-order valence-electron chi connectivity index (χ0n) is 13.5. The summed E-state index contributed by atoms with van der Waals surface area (Å²) < 4.78 is 11.8. The lowest BCUT2D eigenvalue weighted by atomic mass is 10.0. The average Bonchev–Trinajstić information content (AvgIpc) is 2.93. The Bertz CT molecular complexity index is 692. The lowest BCUT2D eigenvalue weighted by Gasteiger charge is -2.15. The van der Waals surface area contributed by atoms with Crippen molar-refractivity contribution in [3.8, 4) is 5.75 Å². The lowest BCUT2D eigenvalue weighted by Crippen LogP contribution is -2.26. The normalized spacial score (nSPS) is 13.5. The minimum Gasteiger partial charge on any atom is -0.497 e. The molecule has 122 valence electrons. The van der Waals surface area contributed by atoms with Gasteiger partial charge in [-0.25, -0.2) is 0 Å². The van der Waals surface area contributed by atoms with Gasteiger partial charge in [0.05, 0.1) is 19.9 Å². The van der Waals surface area contributed by atoms with Crippen LogP contribution < -0.4 is 10.1 Å².